The van der Waals surface area contributed by atoms with Gasteiger partial charge in [-0.05, 0) is 46.3 Å². The summed E-state index contributed by atoms with van der Waals surface area (Å²) in [5, 5.41) is 4.23. The summed E-state index contributed by atoms with van der Waals surface area (Å²) < 4.78 is 0.488. The van der Waals surface area contributed by atoms with Crippen molar-refractivity contribution in [1.82, 2.24) is 9.97 Å². The van der Waals surface area contributed by atoms with Crippen molar-refractivity contribution in [3.05, 3.63) is 64.0 Å². The summed E-state index contributed by atoms with van der Waals surface area (Å²) in [6.07, 6.45) is 3.28. The summed E-state index contributed by atoms with van der Waals surface area (Å²) in [5.74, 6) is -0.274. The third-order valence-corrected chi connectivity index (χ3v) is 3.77. The number of nitrogens with one attached hydrogen (secondary N) is 1. The van der Waals surface area contributed by atoms with Crippen LogP contribution in [-0.4, -0.2) is 15.9 Å². The number of fused-ring (bicyclic) bond motifs is 1. The molecule has 21 heavy (non-hydrogen) atoms. The van der Waals surface area contributed by atoms with E-state index in [0.717, 1.165) is 5.39 Å². The molecule has 4 nitrogen and oxygen atoms in total. The van der Waals surface area contributed by atoms with Gasteiger partial charge in [0.2, 0.25) is 0 Å². The van der Waals surface area contributed by atoms with Crippen LogP contribution in [0.4, 0.5) is 5.69 Å². The van der Waals surface area contributed by atoms with Crippen LogP contribution < -0.4 is 5.32 Å². The van der Waals surface area contributed by atoms with E-state index in [9.17, 15) is 4.79 Å². The third kappa shape index (κ3) is 2.89. The zero-order chi connectivity index (χ0) is 14.8. The molecule has 0 bridgehead atoms. The van der Waals surface area contributed by atoms with Crippen molar-refractivity contribution < 1.29 is 4.79 Å². The lowest BCUT2D eigenvalue weighted by Crippen LogP contribution is -2.13. The molecule has 0 atom stereocenters. The van der Waals surface area contributed by atoms with Crippen molar-refractivity contribution in [2.75, 3.05) is 5.32 Å². The lowest BCUT2D eigenvalue weighted by molar-refractivity contribution is 0.102. The number of rotatable bonds is 2. The molecule has 1 aromatic carbocycles. The average molecular weight is 363 g/mol. The maximum atomic E-state index is 12.3. The monoisotopic (exact) mass is 361 g/mol. The van der Waals surface area contributed by atoms with Crippen LogP contribution in [0.25, 0.3) is 10.9 Å². The van der Waals surface area contributed by atoms with E-state index in [1.165, 1.54) is 0 Å². The van der Waals surface area contributed by atoms with Crippen LogP contribution in [0.2, 0.25) is 5.02 Å². The van der Waals surface area contributed by atoms with Gasteiger partial charge >= 0.3 is 0 Å². The van der Waals surface area contributed by atoms with Crippen molar-refractivity contribution in [3.63, 3.8) is 0 Å². The predicted octanol–water partition coefficient (Wildman–Crippen LogP) is 4.30. The summed E-state index contributed by atoms with van der Waals surface area (Å²) in [5.41, 5.74) is 1.70. The molecule has 0 spiro atoms. The molecule has 0 aliphatic rings. The van der Waals surface area contributed by atoms with E-state index in [-0.39, 0.29) is 5.91 Å². The van der Waals surface area contributed by atoms with Gasteiger partial charge in [-0.3, -0.25) is 9.78 Å². The molecule has 0 saturated carbocycles. The molecular weight excluding hydrogens is 354 g/mol. The number of amides is 1. The van der Waals surface area contributed by atoms with E-state index in [1.54, 1.807) is 36.7 Å². The quantitative estimate of drug-likeness (QED) is 0.692. The van der Waals surface area contributed by atoms with Crippen molar-refractivity contribution in [2.45, 2.75) is 0 Å². The summed E-state index contributed by atoms with van der Waals surface area (Å²) in [7, 11) is 0. The van der Waals surface area contributed by atoms with E-state index in [4.69, 9.17) is 11.6 Å². The number of nitrogens with zero attached hydrogens (tertiary/aromatic N) is 2. The summed E-state index contributed by atoms with van der Waals surface area (Å²) in [4.78, 5) is 20.7. The summed E-state index contributed by atoms with van der Waals surface area (Å²) >= 11 is 9.34. The van der Waals surface area contributed by atoms with Crippen molar-refractivity contribution in [1.29, 1.82) is 0 Å². The first-order chi connectivity index (χ1) is 10.1. The van der Waals surface area contributed by atoms with E-state index in [1.807, 2.05) is 12.1 Å². The molecule has 2 aromatic heterocycles. The average Bonchev–Trinajstić information content (AvgIpc) is 2.47. The van der Waals surface area contributed by atoms with Crippen LogP contribution in [0.5, 0.6) is 0 Å². The van der Waals surface area contributed by atoms with E-state index >= 15 is 0 Å². The van der Waals surface area contributed by atoms with Crippen LogP contribution >= 0.6 is 27.5 Å². The lowest BCUT2D eigenvalue weighted by Gasteiger charge is -2.09. The fraction of sp³-hybridized carbons (Fsp3) is 0. The van der Waals surface area contributed by atoms with Gasteiger partial charge in [0.05, 0.1) is 16.8 Å². The second-order valence-electron chi connectivity index (χ2n) is 4.32. The molecule has 0 aliphatic carbocycles. The zero-order valence-electron chi connectivity index (χ0n) is 10.7. The molecule has 0 fully saturated rings. The molecule has 0 radical (unpaired) electrons. The first kappa shape index (κ1) is 14.0. The van der Waals surface area contributed by atoms with Gasteiger partial charge in [-0.2, -0.15) is 0 Å². The van der Waals surface area contributed by atoms with E-state index in [2.05, 4.69) is 31.2 Å². The molecule has 0 unspecified atom stereocenters. The van der Waals surface area contributed by atoms with Crippen LogP contribution in [0.15, 0.2) is 53.4 Å². The highest BCUT2D eigenvalue weighted by Gasteiger charge is 2.13. The van der Waals surface area contributed by atoms with Gasteiger partial charge < -0.3 is 5.32 Å². The van der Waals surface area contributed by atoms with Crippen molar-refractivity contribution >= 4 is 50.0 Å². The van der Waals surface area contributed by atoms with Gasteiger partial charge in [0.15, 0.2) is 0 Å². The molecule has 6 heteroatoms. The van der Waals surface area contributed by atoms with Crippen LogP contribution in [-0.2, 0) is 0 Å². The number of carbonyl (C=O) groups is 1. The van der Waals surface area contributed by atoms with Crippen LogP contribution in [0.1, 0.15) is 10.4 Å². The smallest absolute Gasteiger partial charge is 0.258 e. The third-order valence-electron chi connectivity index (χ3n) is 2.92. The fourth-order valence-electron chi connectivity index (χ4n) is 2.00. The lowest BCUT2D eigenvalue weighted by atomic mass is 10.2. The number of pyridine rings is 2. The van der Waals surface area contributed by atoms with Gasteiger partial charge in [-0.1, -0.05) is 17.7 Å². The Morgan fingerprint density at radius 1 is 1.14 bits per heavy atom. The SMILES string of the molecule is O=C(Nc1cc(Cl)cc2cccnc12)c1cccnc1Br. The van der Waals surface area contributed by atoms with Crippen molar-refractivity contribution in [2.24, 2.45) is 0 Å². The Balaban J connectivity index is 2.02. The second-order valence-corrected chi connectivity index (χ2v) is 5.51. The number of benzene rings is 1. The number of aromatic nitrogens is 2. The first-order valence-electron chi connectivity index (χ1n) is 6.11. The van der Waals surface area contributed by atoms with Crippen LogP contribution in [0.3, 0.4) is 0 Å². The molecule has 104 valence electrons. The maximum Gasteiger partial charge on any atom is 0.258 e. The number of hydrogen-bond donors (Lipinski definition) is 1. The van der Waals surface area contributed by atoms with Gasteiger partial charge in [0.25, 0.3) is 5.91 Å². The summed E-state index contributed by atoms with van der Waals surface area (Å²) in [6.45, 7) is 0. The molecule has 2 heterocycles. The maximum absolute atomic E-state index is 12.3. The first-order valence-corrected chi connectivity index (χ1v) is 7.28. The number of hydrogen-bond acceptors (Lipinski definition) is 3. The minimum Gasteiger partial charge on any atom is -0.320 e. The van der Waals surface area contributed by atoms with Crippen molar-refractivity contribution in [3.8, 4) is 0 Å². The number of anilines is 1. The van der Waals surface area contributed by atoms with E-state index < -0.39 is 0 Å². The highest BCUT2D eigenvalue weighted by molar-refractivity contribution is 9.10. The minimum absolute atomic E-state index is 0.274. The Bertz CT molecular complexity index is 838. The Morgan fingerprint density at radius 2 is 1.90 bits per heavy atom. The Morgan fingerprint density at radius 3 is 2.71 bits per heavy atom. The van der Waals surface area contributed by atoms with Gasteiger partial charge in [-0.25, -0.2) is 4.98 Å². The Hall–Kier alpha value is -1.98. The van der Waals surface area contributed by atoms with Gasteiger partial charge in [0.1, 0.15) is 4.60 Å². The highest BCUT2D eigenvalue weighted by Crippen LogP contribution is 2.27. The molecule has 0 aliphatic heterocycles. The molecule has 1 amide bonds. The minimum atomic E-state index is -0.274. The molecule has 1 N–H and O–H groups in total. The standard InChI is InChI=1S/C15H9BrClN3O/c16-14-11(4-2-6-19-14)15(21)20-12-8-10(17)7-9-3-1-5-18-13(9)12/h1-8H,(H,20,21). The second kappa shape index (κ2) is 5.79. The predicted molar refractivity (Wildman–Crippen MR) is 86.6 cm³/mol. The Labute approximate surface area is 134 Å². The topological polar surface area (TPSA) is 54.9 Å². The van der Waals surface area contributed by atoms with Gasteiger partial charge in [0, 0.05) is 22.8 Å². The van der Waals surface area contributed by atoms with E-state index in [0.29, 0.717) is 26.4 Å². The highest BCUT2D eigenvalue weighted by atomic mass is 79.9. The molecule has 3 aromatic rings. The molecule has 0 saturated heterocycles. The molecule has 3 rings (SSSR count). The van der Waals surface area contributed by atoms with Gasteiger partial charge in [-0.15, -0.1) is 0 Å². The number of carbonyl (C=O) groups excluding carboxylic acids is 1. The normalized spacial score (nSPS) is 10.6. The largest absolute Gasteiger partial charge is 0.320 e. The Kier molecular flexibility index (Phi) is 3.86. The fourth-order valence-corrected chi connectivity index (χ4v) is 2.65. The zero-order valence-corrected chi connectivity index (χ0v) is 13.0. The number of halogens is 2. The summed E-state index contributed by atoms with van der Waals surface area (Å²) in [6, 6.07) is 10.6. The molecular formula is C15H9BrClN3O. The van der Waals surface area contributed by atoms with Crippen LogP contribution in [0, 0.1) is 0 Å².